The van der Waals surface area contributed by atoms with Crippen molar-refractivity contribution in [2.24, 2.45) is 0 Å². The van der Waals surface area contributed by atoms with Gasteiger partial charge in [-0.25, -0.2) is 0 Å². The molecule has 3 aromatic rings. The Morgan fingerprint density at radius 3 is 2.00 bits per heavy atom. The highest BCUT2D eigenvalue weighted by molar-refractivity contribution is 5.89. The third-order valence-electron chi connectivity index (χ3n) is 6.03. The van der Waals surface area contributed by atoms with Crippen molar-refractivity contribution in [3.63, 3.8) is 0 Å². The van der Waals surface area contributed by atoms with Crippen molar-refractivity contribution in [2.45, 2.75) is 52.6 Å². The zero-order valence-electron chi connectivity index (χ0n) is 19.9. The summed E-state index contributed by atoms with van der Waals surface area (Å²) in [6, 6.07) is 25.3. The summed E-state index contributed by atoms with van der Waals surface area (Å²) in [5.74, 6) is -0.146. The highest BCUT2D eigenvalue weighted by Crippen LogP contribution is 2.19. The molecule has 2 amide bonds. The fourth-order valence-electron chi connectivity index (χ4n) is 3.96. The molecule has 33 heavy (non-hydrogen) atoms. The van der Waals surface area contributed by atoms with Crippen LogP contribution < -0.4 is 5.32 Å². The largest absolute Gasteiger partial charge is 0.354 e. The lowest BCUT2D eigenvalue weighted by molar-refractivity contribution is -0.140. The fraction of sp³-hybridized carbons (Fsp3) is 0.310. The van der Waals surface area contributed by atoms with E-state index >= 15 is 0 Å². The molecule has 0 saturated carbocycles. The SMILES string of the molecule is CCCNC(=O)[C@@H](Cc1ccccc1)N(Cc1ccccc1C)C(=O)Cc1ccccc1C. The van der Waals surface area contributed by atoms with Crippen LogP contribution in [-0.4, -0.2) is 29.3 Å². The predicted molar refractivity (Wildman–Crippen MR) is 134 cm³/mol. The van der Waals surface area contributed by atoms with E-state index in [-0.39, 0.29) is 18.2 Å². The molecule has 0 radical (unpaired) electrons. The fourth-order valence-corrected chi connectivity index (χ4v) is 3.96. The topological polar surface area (TPSA) is 49.4 Å². The molecule has 1 atom stereocenters. The van der Waals surface area contributed by atoms with Crippen LogP contribution in [0, 0.1) is 13.8 Å². The van der Waals surface area contributed by atoms with Crippen LogP contribution in [0.25, 0.3) is 0 Å². The molecule has 1 N–H and O–H groups in total. The molecule has 0 aliphatic rings. The molecule has 0 unspecified atom stereocenters. The van der Waals surface area contributed by atoms with Crippen molar-refractivity contribution < 1.29 is 9.59 Å². The molecule has 0 spiro atoms. The number of amides is 2. The first-order chi connectivity index (χ1) is 16.0. The van der Waals surface area contributed by atoms with Gasteiger partial charge >= 0.3 is 0 Å². The first kappa shape index (κ1) is 24.2. The quantitative estimate of drug-likeness (QED) is 0.480. The van der Waals surface area contributed by atoms with Gasteiger partial charge in [0.15, 0.2) is 0 Å². The Morgan fingerprint density at radius 1 is 0.818 bits per heavy atom. The summed E-state index contributed by atoms with van der Waals surface area (Å²) in [6.45, 7) is 7.08. The van der Waals surface area contributed by atoms with Crippen LogP contribution in [-0.2, 0) is 29.0 Å². The average molecular weight is 443 g/mol. The summed E-state index contributed by atoms with van der Waals surface area (Å²) >= 11 is 0. The third kappa shape index (κ3) is 6.79. The van der Waals surface area contributed by atoms with Crippen molar-refractivity contribution in [3.8, 4) is 0 Å². The number of carbonyl (C=O) groups excluding carboxylic acids is 2. The Kier molecular flexibility index (Phi) is 8.82. The summed E-state index contributed by atoms with van der Waals surface area (Å²) in [7, 11) is 0. The molecule has 4 heteroatoms. The Bertz CT molecular complexity index is 1060. The van der Waals surface area contributed by atoms with Gasteiger partial charge in [0.2, 0.25) is 11.8 Å². The molecule has 4 nitrogen and oxygen atoms in total. The minimum atomic E-state index is -0.588. The molecule has 0 aliphatic heterocycles. The Labute approximate surface area is 197 Å². The van der Waals surface area contributed by atoms with Crippen LogP contribution in [0.4, 0.5) is 0 Å². The van der Waals surface area contributed by atoms with Crippen molar-refractivity contribution in [1.82, 2.24) is 10.2 Å². The molecular formula is C29H34N2O2. The number of benzene rings is 3. The maximum Gasteiger partial charge on any atom is 0.243 e. The second-order valence-electron chi connectivity index (χ2n) is 8.55. The molecule has 0 aliphatic carbocycles. The second-order valence-corrected chi connectivity index (χ2v) is 8.55. The summed E-state index contributed by atoms with van der Waals surface area (Å²) in [4.78, 5) is 28.8. The van der Waals surface area contributed by atoms with Gasteiger partial charge in [0, 0.05) is 19.5 Å². The van der Waals surface area contributed by atoms with Crippen LogP contribution in [0.2, 0.25) is 0 Å². The van der Waals surface area contributed by atoms with Gasteiger partial charge in [-0.05, 0) is 48.1 Å². The van der Waals surface area contributed by atoms with E-state index in [1.807, 2.05) is 99.6 Å². The van der Waals surface area contributed by atoms with Gasteiger partial charge in [-0.3, -0.25) is 9.59 Å². The van der Waals surface area contributed by atoms with E-state index in [9.17, 15) is 9.59 Å². The number of aryl methyl sites for hydroxylation is 2. The van der Waals surface area contributed by atoms with Gasteiger partial charge in [-0.2, -0.15) is 0 Å². The van der Waals surface area contributed by atoms with E-state index in [1.165, 1.54) is 0 Å². The normalized spacial score (nSPS) is 11.6. The van der Waals surface area contributed by atoms with Gasteiger partial charge < -0.3 is 10.2 Å². The smallest absolute Gasteiger partial charge is 0.243 e. The molecular weight excluding hydrogens is 408 g/mol. The molecule has 3 aromatic carbocycles. The van der Waals surface area contributed by atoms with Crippen LogP contribution in [0.1, 0.15) is 41.2 Å². The van der Waals surface area contributed by atoms with Crippen LogP contribution in [0.3, 0.4) is 0 Å². The van der Waals surface area contributed by atoms with Gasteiger partial charge in [-0.1, -0.05) is 85.8 Å². The number of carbonyl (C=O) groups is 2. The Hall–Kier alpha value is -3.40. The number of nitrogens with one attached hydrogen (secondary N) is 1. The number of hydrogen-bond acceptors (Lipinski definition) is 2. The van der Waals surface area contributed by atoms with E-state index in [4.69, 9.17) is 0 Å². The van der Waals surface area contributed by atoms with E-state index in [1.54, 1.807) is 4.90 Å². The average Bonchev–Trinajstić information content (AvgIpc) is 2.83. The molecule has 0 fully saturated rings. The van der Waals surface area contributed by atoms with E-state index in [0.717, 1.165) is 34.2 Å². The molecule has 3 rings (SSSR count). The third-order valence-corrected chi connectivity index (χ3v) is 6.03. The highest BCUT2D eigenvalue weighted by atomic mass is 16.2. The summed E-state index contributed by atoms with van der Waals surface area (Å²) in [5, 5.41) is 3.03. The lowest BCUT2D eigenvalue weighted by Crippen LogP contribution is -2.51. The number of nitrogens with zero attached hydrogens (tertiary/aromatic N) is 1. The first-order valence-corrected chi connectivity index (χ1v) is 11.7. The van der Waals surface area contributed by atoms with E-state index < -0.39 is 6.04 Å². The lowest BCUT2D eigenvalue weighted by Gasteiger charge is -2.32. The van der Waals surface area contributed by atoms with Crippen molar-refractivity contribution in [3.05, 3.63) is 107 Å². The van der Waals surface area contributed by atoms with Crippen LogP contribution in [0.5, 0.6) is 0 Å². The predicted octanol–water partition coefficient (Wildman–Crippen LogP) is 5.01. The van der Waals surface area contributed by atoms with Crippen LogP contribution >= 0.6 is 0 Å². The molecule has 0 bridgehead atoms. The minimum Gasteiger partial charge on any atom is -0.354 e. The van der Waals surface area contributed by atoms with E-state index in [0.29, 0.717) is 19.5 Å². The zero-order valence-corrected chi connectivity index (χ0v) is 19.9. The maximum absolute atomic E-state index is 13.7. The lowest BCUT2D eigenvalue weighted by atomic mass is 9.99. The standard InChI is InChI=1S/C29H34N2O2/c1-4-18-30-29(33)27(19-24-14-6-5-7-15-24)31(21-26-17-11-9-13-23(26)3)28(32)20-25-16-10-8-12-22(25)2/h5-17,27H,4,18-21H2,1-3H3,(H,30,33)/t27-/m1/s1. The van der Waals surface area contributed by atoms with Crippen molar-refractivity contribution >= 4 is 11.8 Å². The molecule has 0 aromatic heterocycles. The Balaban J connectivity index is 1.97. The summed E-state index contributed by atoms with van der Waals surface area (Å²) in [6.07, 6.45) is 1.59. The van der Waals surface area contributed by atoms with Gasteiger partial charge in [-0.15, -0.1) is 0 Å². The summed E-state index contributed by atoms with van der Waals surface area (Å²) in [5.41, 5.74) is 5.27. The summed E-state index contributed by atoms with van der Waals surface area (Å²) < 4.78 is 0. The van der Waals surface area contributed by atoms with Gasteiger partial charge in [0.25, 0.3) is 0 Å². The Morgan fingerprint density at radius 2 is 1.39 bits per heavy atom. The van der Waals surface area contributed by atoms with Gasteiger partial charge in [0.1, 0.15) is 6.04 Å². The number of rotatable bonds is 10. The second kappa shape index (κ2) is 12.0. The van der Waals surface area contributed by atoms with Crippen molar-refractivity contribution in [2.75, 3.05) is 6.54 Å². The monoisotopic (exact) mass is 442 g/mol. The number of hydrogen-bond donors (Lipinski definition) is 1. The molecule has 0 heterocycles. The highest BCUT2D eigenvalue weighted by Gasteiger charge is 2.30. The maximum atomic E-state index is 13.7. The van der Waals surface area contributed by atoms with Crippen molar-refractivity contribution in [1.29, 1.82) is 0 Å². The van der Waals surface area contributed by atoms with Gasteiger partial charge in [0.05, 0.1) is 6.42 Å². The first-order valence-electron chi connectivity index (χ1n) is 11.7. The van der Waals surface area contributed by atoms with Crippen LogP contribution in [0.15, 0.2) is 78.9 Å². The zero-order chi connectivity index (χ0) is 23.6. The molecule has 0 saturated heterocycles. The molecule has 172 valence electrons. The van der Waals surface area contributed by atoms with E-state index in [2.05, 4.69) is 5.32 Å². The minimum absolute atomic E-state index is 0.0415.